The van der Waals surface area contributed by atoms with Crippen LogP contribution in [0.15, 0.2) is 53.5 Å². The van der Waals surface area contributed by atoms with Gasteiger partial charge in [0.2, 0.25) is 5.91 Å². The smallest absolute Gasteiger partial charge is 0.320 e. The number of amides is 1. The van der Waals surface area contributed by atoms with Crippen LogP contribution in [0, 0.1) is 6.92 Å². The first-order chi connectivity index (χ1) is 15.5. The molecule has 4 N–H and O–H groups in total. The van der Waals surface area contributed by atoms with Crippen LogP contribution < -0.4 is 16.6 Å². The second-order valence-electron chi connectivity index (χ2n) is 7.54. The van der Waals surface area contributed by atoms with E-state index in [2.05, 4.69) is 20.4 Å². The lowest BCUT2D eigenvalue weighted by atomic mass is 10.0. The number of carbonyl (C=O) groups excluding carboxylic acids is 1. The summed E-state index contributed by atoms with van der Waals surface area (Å²) >= 11 is 0. The molecule has 4 aromatic rings. The fourth-order valence-corrected chi connectivity index (χ4v) is 3.33. The summed E-state index contributed by atoms with van der Waals surface area (Å²) in [6.07, 6.45) is -3.00. The number of pyridine rings is 1. The van der Waals surface area contributed by atoms with E-state index in [1.165, 1.54) is 28.9 Å². The molecule has 0 fully saturated rings. The van der Waals surface area contributed by atoms with Gasteiger partial charge in [-0.1, -0.05) is 12.1 Å². The lowest BCUT2D eigenvalue weighted by Crippen LogP contribution is -2.32. The van der Waals surface area contributed by atoms with Crippen LogP contribution in [0.1, 0.15) is 18.2 Å². The number of aryl methyl sites for hydroxylation is 1. The van der Waals surface area contributed by atoms with Gasteiger partial charge in [-0.15, -0.1) is 0 Å². The summed E-state index contributed by atoms with van der Waals surface area (Å²) in [5, 5.41) is 5.47. The molecule has 0 spiro atoms. The van der Waals surface area contributed by atoms with Gasteiger partial charge in [-0.2, -0.15) is 13.2 Å². The van der Waals surface area contributed by atoms with Gasteiger partial charge in [-0.25, -0.2) is 14.5 Å². The number of aromatic amines is 1. The topological polar surface area (TPSA) is 118 Å². The minimum atomic E-state index is -4.45. The van der Waals surface area contributed by atoms with Crippen molar-refractivity contribution in [2.45, 2.75) is 26.1 Å². The predicted octanol–water partition coefficient (Wildman–Crippen LogP) is 3.36. The number of nitrogens with two attached hydrogens (primary N) is 1. The Bertz CT molecular complexity index is 1390. The number of H-pyrrole nitrogens is 1. The third kappa shape index (κ3) is 4.35. The Morgan fingerprint density at radius 2 is 1.82 bits per heavy atom. The van der Waals surface area contributed by atoms with Crippen LogP contribution in [0.25, 0.3) is 28.0 Å². The molecule has 8 nitrogen and oxygen atoms in total. The third-order valence-corrected chi connectivity index (χ3v) is 5.02. The number of benzene rings is 1. The van der Waals surface area contributed by atoms with E-state index in [0.717, 1.165) is 12.1 Å². The predicted molar refractivity (Wildman–Crippen MR) is 116 cm³/mol. The molecule has 0 aliphatic rings. The summed E-state index contributed by atoms with van der Waals surface area (Å²) in [4.78, 5) is 33.1. The number of rotatable bonds is 4. The molecule has 1 aromatic carbocycles. The van der Waals surface area contributed by atoms with E-state index >= 15 is 0 Å². The van der Waals surface area contributed by atoms with Gasteiger partial charge >= 0.3 is 6.18 Å². The maximum absolute atomic E-state index is 12.9. The second-order valence-corrected chi connectivity index (χ2v) is 7.54. The Labute approximate surface area is 185 Å². The minimum absolute atomic E-state index is 0.268. The summed E-state index contributed by atoms with van der Waals surface area (Å²) in [6.45, 7) is 3.25. The molecule has 33 heavy (non-hydrogen) atoms. The van der Waals surface area contributed by atoms with Gasteiger partial charge in [-0.3, -0.25) is 14.7 Å². The highest BCUT2D eigenvalue weighted by molar-refractivity contribution is 5.93. The van der Waals surface area contributed by atoms with Gasteiger partial charge < -0.3 is 11.1 Å². The summed E-state index contributed by atoms with van der Waals surface area (Å²) in [6, 6.07) is 8.47. The van der Waals surface area contributed by atoms with Crippen LogP contribution in [0.5, 0.6) is 0 Å². The summed E-state index contributed by atoms with van der Waals surface area (Å²) in [5.74, 6) is -0.0983. The van der Waals surface area contributed by atoms with Crippen LogP contribution in [0.4, 0.5) is 19.0 Å². The van der Waals surface area contributed by atoms with Gasteiger partial charge in [0.15, 0.2) is 5.65 Å². The number of carbonyl (C=O) groups is 1. The van der Waals surface area contributed by atoms with Crippen molar-refractivity contribution < 1.29 is 18.0 Å². The van der Waals surface area contributed by atoms with Gasteiger partial charge in [0, 0.05) is 29.1 Å². The first-order valence-corrected chi connectivity index (χ1v) is 9.87. The molecule has 170 valence electrons. The van der Waals surface area contributed by atoms with E-state index in [0.29, 0.717) is 33.9 Å². The standard InChI is InChI=1S/C22H19F3N6O2/c1-11(26)21(33)29-17-8-5-14(10-27-17)16-9-18(32)31-20(28-16)19(12(2)30-31)13-3-6-15(7-4-13)22(23,24)25/h3-11,30H,26H2,1-2H3,(H,27,29,33). The number of aromatic nitrogens is 4. The van der Waals surface area contributed by atoms with Crippen molar-refractivity contribution in [3.63, 3.8) is 0 Å². The van der Waals surface area contributed by atoms with Gasteiger partial charge in [0.25, 0.3) is 5.56 Å². The number of nitrogens with one attached hydrogen (secondary N) is 2. The maximum atomic E-state index is 12.9. The highest BCUT2D eigenvalue weighted by Crippen LogP contribution is 2.33. The number of hydrogen-bond acceptors (Lipinski definition) is 5. The van der Waals surface area contributed by atoms with Crippen LogP contribution in [-0.4, -0.2) is 31.5 Å². The van der Waals surface area contributed by atoms with E-state index in [1.54, 1.807) is 26.0 Å². The lowest BCUT2D eigenvalue weighted by molar-refractivity contribution is -0.137. The first-order valence-electron chi connectivity index (χ1n) is 9.87. The zero-order valence-corrected chi connectivity index (χ0v) is 17.6. The van der Waals surface area contributed by atoms with E-state index in [4.69, 9.17) is 5.73 Å². The molecule has 1 amide bonds. The van der Waals surface area contributed by atoms with Crippen molar-refractivity contribution in [1.29, 1.82) is 0 Å². The first kappa shape index (κ1) is 22.2. The number of alkyl halides is 3. The van der Waals surface area contributed by atoms with E-state index in [-0.39, 0.29) is 5.65 Å². The fraction of sp³-hybridized carbons (Fsp3) is 0.182. The zero-order valence-electron chi connectivity index (χ0n) is 17.6. The van der Waals surface area contributed by atoms with Crippen LogP contribution >= 0.6 is 0 Å². The molecule has 0 bridgehead atoms. The average Bonchev–Trinajstić information content (AvgIpc) is 3.10. The molecule has 3 aromatic heterocycles. The molecule has 0 aliphatic heterocycles. The molecular formula is C22H19F3N6O2. The molecule has 0 radical (unpaired) electrons. The Morgan fingerprint density at radius 3 is 2.39 bits per heavy atom. The number of fused-ring (bicyclic) bond motifs is 1. The highest BCUT2D eigenvalue weighted by atomic mass is 19.4. The van der Waals surface area contributed by atoms with Crippen molar-refractivity contribution in [3.8, 4) is 22.4 Å². The minimum Gasteiger partial charge on any atom is -0.320 e. The molecule has 0 saturated heterocycles. The Hall–Kier alpha value is -3.99. The zero-order chi connectivity index (χ0) is 23.9. The van der Waals surface area contributed by atoms with Crippen LogP contribution in [-0.2, 0) is 11.0 Å². The highest BCUT2D eigenvalue weighted by Gasteiger charge is 2.30. The number of nitrogens with zero attached hydrogens (tertiary/aromatic N) is 3. The summed E-state index contributed by atoms with van der Waals surface area (Å²) < 4.78 is 40.0. The van der Waals surface area contributed by atoms with Crippen molar-refractivity contribution >= 4 is 17.4 Å². The Morgan fingerprint density at radius 1 is 1.15 bits per heavy atom. The van der Waals surface area contributed by atoms with Crippen molar-refractivity contribution in [2.24, 2.45) is 5.73 Å². The van der Waals surface area contributed by atoms with Gasteiger partial charge in [-0.05, 0) is 43.7 Å². The SMILES string of the molecule is Cc1[nH]n2c(=O)cc(-c3ccc(NC(=O)C(C)N)nc3)nc2c1-c1ccc(C(F)(F)F)cc1. The number of hydrogen-bond donors (Lipinski definition) is 3. The molecule has 3 heterocycles. The third-order valence-electron chi connectivity index (χ3n) is 5.02. The van der Waals surface area contributed by atoms with Crippen LogP contribution in [0.3, 0.4) is 0 Å². The molecule has 11 heteroatoms. The molecule has 1 atom stereocenters. The normalized spacial score (nSPS) is 12.7. The molecule has 1 unspecified atom stereocenters. The Balaban J connectivity index is 1.75. The average molecular weight is 456 g/mol. The number of anilines is 1. The van der Waals surface area contributed by atoms with Crippen molar-refractivity contribution in [1.82, 2.24) is 19.6 Å². The van der Waals surface area contributed by atoms with E-state index in [1.807, 2.05) is 0 Å². The van der Waals surface area contributed by atoms with Crippen LogP contribution in [0.2, 0.25) is 0 Å². The summed E-state index contributed by atoms with van der Waals surface area (Å²) in [5.41, 5.74) is 7.03. The maximum Gasteiger partial charge on any atom is 0.416 e. The monoisotopic (exact) mass is 456 g/mol. The summed E-state index contributed by atoms with van der Waals surface area (Å²) in [7, 11) is 0. The second kappa shape index (κ2) is 8.17. The lowest BCUT2D eigenvalue weighted by Gasteiger charge is -2.08. The fourth-order valence-electron chi connectivity index (χ4n) is 3.33. The molecule has 0 saturated carbocycles. The Kier molecular flexibility index (Phi) is 5.50. The molecule has 0 aliphatic carbocycles. The van der Waals surface area contributed by atoms with Gasteiger partial charge in [0.05, 0.1) is 17.3 Å². The van der Waals surface area contributed by atoms with E-state index < -0.39 is 29.2 Å². The quantitative estimate of drug-likeness (QED) is 0.435. The number of halogens is 3. The van der Waals surface area contributed by atoms with Crippen molar-refractivity contribution in [2.75, 3.05) is 5.32 Å². The van der Waals surface area contributed by atoms with E-state index in [9.17, 15) is 22.8 Å². The largest absolute Gasteiger partial charge is 0.416 e. The van der Waals surface area contributed by atoms with Gasteiger partial charge in [0.1, 0.15) is 5.82 Å². The van der Waals surface area contributed by atoms with Crippen molar-refractivity contribution in [3.05, 3.63) is 70.3 Å². The molecular weight excluding hydrogens is 437 g/mol. The molecule has 4 rings (SSSR count).